The Labute approximate surface area is 117 Å². The first-order chi connectivity index (χ1) is 9.37. The summed E-state index contributed by atoms with van der Waals surface area (Å²) >= 11 is 0. The molecule has 3 saturated heterocycles. The Morgan fingerprint density at radius 1 is 1.35 bits per heavy atom. The molecular formula is C13H21NO6. The second-order valence-corrected chi connectivity index (χ2v) is 6.08. The zero-order chi connectivity index (χ0) is 14.5. The monoisotopic (exact) mass is 287 g/mol. The number of carbonyl (C=O) groups is 1. The SMILES string of the molecule is CC(=O)N[C@H]1C2OCC[C@](CO)(O2)[C@@H]2OC(C)(C)O[C@@H]21. The van der Waals surface area contributed by atoms with E-state index < -0.39 is 35.9 Å². The molecule has 0 saturated carbocycles. The van der Waals surface area contributed by atoms with Crippen LogP contribution in [0.1, 0.15) is 27.2 Å². The van der Waals surface area contributed by atoms with Crippen molar-refractivity contribution >= 4 is 5.91 Å². The number of rotatable bonds is 2. The lowest BCUT2D eigenvalue weighted by atomic mass is 9.82. The molecule has 0 aliphatic carbocycles. The number of hydrogen-bond donors (Lipinski definition) is 2. The van der Waals surface area contributed by atoms with E-state index in [-0.39, 0.29) is 12.5 Å². The molecule has 20 heavy (non-hydrogen) atoms. The lowest BCUT2D eigenvalue weighted by Crippen LogP contribution is -2.71. The molecule has 2 bridgehead atoms. The second kappa shape index (κ2) is 4.64. The second-order valence-electron chi connectivity index (χ2n) is 6.08. The van der Waals surface area contributed by atoms with Crippen LogP contribution in [0.2, 0.25) is 0 Å². The fourth-order valence-electron chi connectivity index (χ4n) is 3.26. The third-order valence-electron chi connectivity index (χ3n) is 4.09. The highest BCUT2D eigenvalue weighted by atomic mass is 16.8. The Morgan fingerprint density at radius 2 is 2.10 bits per heavy atom. The highest BCUT2D eigenvalue weighted by Gasteiger charge is 2.63. The highest BCUT2D eigenvalue weighted by molar-refractivity contribution is 5.73. The van der Waals surface area contributed by atoms with E-state index >= 15 is 0 Å². The Kier molecular flexibility index (Phi) is 3.30. The van der Waals surface area contributed by atoms with Crippen LogP contribution in [-0.4, -0.2) is 60.2 Å². The third kappa shape index (κ3) is 2.14. The van der Waals surface area contributed by atoms with Crippen LogP contribution in [0.5, 0.6) is 0 Å². The van der Waals surface area contributed by atoms with E-state index in [9.17, 15) is 9.90 Å². The van der Waals surface area contributed by atoms with Crippen molar-refractivity contribution in [3.8, 4) is 0 Å². The molecule has 0 aromatic rings. The topological polar surface area (TPSA) is 86.3 Å². The molecule has 5 atom stereocenters. The summed E-state index contributed by atoms with van der Waals surface area (Å²) in [5, 5.41) is 12.6. The minimum absolute atomic E-state index is 0.166. The van der Waals surface area contributed by atoms with Gasteiger partial charge in [0.1, 0.15) is 23.9 Å². The predicted molar refractivity (Wildman–Crippen MR) is 66.7 cm³/mol. The van der Waals surface area contributed by atoms with Crippen LogP contribution < -0.4 is 5.32 Å². The lowest BCUT2D eigenvalue weighted by molar-refractivity contribution is -0.330. The van der Waals surface area contributed by atoms with Gasteiger partial charge in [-0.3, -0.25) is 4.79 Å². The molecule has 3 rings (SSSR count). The number of carbonyl (C=O) groups excluding carboxylic acids is 1. The third-order valence-corrected chi connectivity index (χ3v) is 4.09. The van der Waals surface area contributed by atoms with Gasteiger partial charge in [-0.15, -0.1) is 0 Å². The van der Waals surface area contributed by atoms with Crippen LogP contribution in [0.4, 0.5) is 0 Å². The molecule has 114 valence electrons. The molecule has 3 fully saturated rings. The first kappa shape index (κ1) is 14.2. The van der Waals surface area contributed by atoms with Gasteiger partial charge in [-0.05, 0) is 13.8 Å². The van der Waals surface area contributed by atoms with Gasteiger partial charge in [0.25, 0.3) is 0 Å². The molecule has 7 nitrogen and oxygen atoms in total. The van der Waals surface area contributed by atoms with Crippen LogP contribution in [-0.2, 0) is 23.7 Å². The van der Waals surface area contributed by atoms with E-state index in [4.69, 9.17) is 18.9 Å². The number of fused-ring (bicyclic) bond motifs is 4. The Hall–Kier alpha value is -0.730. The summed E-state index contributed by atoms with van der Waals surface area (Å²) in [6, 6.07) is -0.445. The van der Waals surface area contributed by atoms with E-state index in [2.05, 4.69) is 5.32 Å². The minimum Gasteiger partial charge on any atom is -0.393 e. The lowest BCUT2D eigenvalue weighted by Gasteiger charge is -2.51. The summed E-state index contributed by atoms with van der Waals surface area (Å²) < 4.78 is 23.3. The molecule has 0 radical (unpaired) electrons. The number of aliphatic hydroxyl groups is 1. The Balaban J connectivity index is 1.94. The molecule has 2 N–H and O–H groups in total. The van der Waals surface area contributed by atoms with Gasteiger partial charge in [-0.2, -0.15) is 0 Å². The van der Waals surface area contributed by atoms with Gasteiger partial charge >= 0.3 is 0 Å². The molecule has 7 heteroatoms. The summed E-state index contributed by atoms with van der Waals surface area (Å²) in [6.45, 7) is 5.35. The first-order valence-corrected chi connectivity index (χ1v) is 6.90. The highest BCUT2D eigenvalue weighted by Crippen LogP contribution is 2.45. The Bertz CT molecular complexity index is 414. The normalized spacial score (nSPS) is 45.8. The number of aliphatic hydroxyl groups excluding tert-OH is 1. The zero-order valence-corrected chi connectivity index (χ0v) is 11.9. The van der Waals surface area contributed by atoms with E-state index in [1.54, 1.807) is 0 Å². The van der Waals surface area contributed by atoms with Crippen LogP contribution in [0.25, 0.3) is 0 Å². The van der Waals surface area contributed by atoms with Crippen LogP contribution >= 0.6 is 0 Å². The molecule has 1 unspecified atom stereocenters. The van der Waals surface area contributed by atoms with Crippen molar-refractivity contribution in [1.82, 2.24) is 5.32 Å². The summed E-state index contributed by atoms with van der Waals surface area (Å²) in [7, 11) is 0. The number of hydrogen-bond acceptors (Lipinski definition) is 6. The molecule has 3 aliphatic rings. The van der Waals surface area contributed by atoms with Gasteiger partial charge in [0.05, 0.1) is 13.2 Å². The molecular weight excluding hydrogens is 266 g/mol. The summed E-state index contributed by atoms with van der Waals surface area (Å²) in [4.78, 5) is 11.4. The van der Waals surface area contributed by atoms with E-state index in [1.165, 1.54) is 6.92 Å². The van der Waals surface area contributed by atoms with Gasteiger partial charge < -0.3 is 29.4 Å². The van der Waals surface area contributed by atoms with Crippen LogP contribution in [0.3, 0.4) is 0 Å². The maximum atomic E-state index is 11.4. The van der Waals surface area contributed by atoms with Crippen LogP contribution in [0.15, 0.2) is 0 Å². The van der Waals surface area contributed by atoms with Gasteiger partial charge in [0, 0.05) is 13.3 Å². The van der Waals surface area contributed by atoms with Crippen molar-refractivity contribution in [2.24, 2.45) is 0 Å². The molecule has 1 amide bonds. The predicted octanol–water partition coefficient (Wildman–Crippen LogP) is -0.481. The van der Waals surface area contributed by atoms with Gasteiger partial charge in [-0.1, -0.05) is 0 Å². The number of nitrogens with one attached hydrogen (secondary N) is 1. The smallest absolute Gasteiger partial charge is 0.217 e. The van der Waals surface area contributed by atoms with Crippen molar-refractivity contribution in [1.29, 1.82) is 0 Å². The van der Waals surface area contributed by atoms with Crippen molar-refractivity contribution < 1.29 is 28.8 Å². The minimum atomic E-state index is -0.823. The molecule has 0 aromatic carbocycles. The van der Waals surface area contributed by atoms with Crippen molar-refractivity contribution in [3.63, 3.8) is 0 Å². The molecule has 3 heterocycles. The van der Waals surface area contributed by atoms with Gasteiger partial charge in [0.2, 0.25) is 5.91 Å². The zero-order valence-electron chi connectivity index (χ0n) is 11.9. The fraction of sp³-hybridized carbons (Fsp3) is 0.923. The average molecular weight is 287 g/mol. The largest absolute Gasteiger partial charge is 0.393 e. The van der Waals surface area contributed by atoms with E-state index in [0.29, 0.717) is 13.0 Å². The van der Waals surface area contributed by atoms with Crippen molar-refractivity contribution in [3.05, 3.63) is 0 Å². The van der Waals surface area contributed by atoms with Gasteiger partial charge in [-0.25, -0.2) is 0 Å². The van der Waals surface area contributed by atoms with E-state index in [1.807, 2.05) is 13.8 Å². The summed E-state index contributed by atoms with van der Waals surface area (Å²) in [5.74, 6) is -0.967. The molecule has 0 spiro atoms. The average Bonchev–Trinajstić information content (AvgIpc) is 2.71. The first-order valence-electron chi connectivity index (χ1n) is 6.90. The number of amides is 1. The maximum Gasteiger partial charge on any atom is 0.217 e. The van der Waals surface area contributed by atoms with Gasteiger partial charge in [0.15, 0.2) is 12.1 Å². The summed E-state index contributed by atoms with van der Waals surface area (Å²) in [5.41, 5.74) is -0.823. The quantitative estimate of drug-likeness (QED) is 0.713. The summed E-state index contributed by atoms with van der Waals surface area (Å²) in [6.07, 6.45) is -0.925. The van der Waals surface area contributed by atoms with Crippen molar-refractivity contribution in [2.75, 3.05) is 13.2 Å². The standard InChI is InChI=1S/C13H21NO6/c1-7(16)14-8-9-10(19-12(2,3)18-9)13(6-15)4-5-17-11(8)20-13/h8-11,15H,4-6H2,1-3H3,(H,14,16)/t8-,9-,10-,11?,13-/m1/s1. The fourth-order valence-corrected chi connectivity index (χ4v) is 3.26. The maximum absolute atomic E-state index is 11.4. The van der Waals surface area contributed by atoms with Crippen molar-refractivity contribution in [2.45, 2.75) is 63.1 Å². The Morgan fingerprint density at radius 3 is 2.75 bits per heavy atom. The van der Waals surface area contributed by atoms with E-state index in [0.717, 1.165) is 0 Å². The molecule has 3 aliphatic heterocycles. The molecule has 0 aromatic heterocycles. The van der Waals surface area contributed by atoms with Crippen LogP contribution in [0, 0.1) is 0 Å². The number of ether oxygens (including phenoxy) is 4.